The number of hydrogen-bond donors (Lipinski definition) is 0. The highest BCUT2D eigenvalue weighted by molar-refractivity contribution is 8.13. The minimum absolute atomic E-state index is 0.122. The van der Waals surface area contributed by atoms with Crippen molar-refractivity contribution in [2.45, 2.75) is 4.90 Å². The molecular formula is C7H5Cl2FO3S. The maximum absolute atomic E-state index is 13.2. The van der Waals surface area contributed by atoms with E-state index in [0.717, 1.165) is 6.07 Å². The third-order valence-corrected chi connectivity index (χ3v) is 3.23. The quantitative estimate of drug-likeness (QED) is 0.766. The highest BCUT2D eigenvalue weighted by atomic mass is 35.7. The van der Waals surface area contributed by atoms with Gasteiger partial charge in [0.2, 0.25) is 0 Å². The summed E-state index contributed by atoms with van der Waals surface area (Å²) in [6, 6.07) is 2.06. The third kappa shape index (κ3) is 2.29. The summed E-state index contributed by atoms with van der Waals surface area (Å²) in [5.74, 6) is -0.916. The Hall–Kier alpha value is -0.520. The molecule has 0 bridgehead atoms. The van der Waals surface area contributed by atoms with Crippen LogP contribution in [0.15, 0.2) is 17.0 Å². The zero-order chi connectivity index (χ0) is 10.9. The van der Waals surface area contributed by atoms with Gasteiger partial charge in [-0.05, 0) is 0 Å². The van der Waals surface area contributed by atoms with Crippen LogP contribution >= 0.6 is 22.3 Å². The fourth-order valence-corrected chi connectivity index (χ4v) is 2.56. The van der Waals surface area contributed by atoms with Crippen LogP contribution in [-0.4, -0.2) is 15.5 Å². The molecule has 0 atom stereocenters. The minimum atomic E-state index is -4.18. The lowest BCUT2D eigenvalue weighted by atomic mass is 10.3. The van der Waals surface area contributed by atoms with Crippen molar-refractivity contribution in [2.75, 3.05) is 7.11 Å². The normalized spacial score (nSPS) is 11.4. The lowest BCUT2D eigenvalue weighted by Crippen LogP contribution is -1.97. The fraction of sp³-hybridized carbons (Fsp3) is 0.143. The zero-order valence-electron chi connectivity index (χ0n) is 6.92. The van der Waals surface area contributed by atoms with Gasteiger partial charge in [-0.25, -0.2) is 12.8 Å². The summed E-state index contributed by atoms with van der Waals surface area (Å²) in [4.78, 5) is -0.735. The monoisotopic (exact) mass is 258 g/mol. The van der Waals surface area contributed by atoms with Crippen molar-refractivity contribution in [1.29, 1.82) is 0 Å². The first-order chi connectivity index (χ1) is 6.36. The molecule has 0 aliphatic heterocycles. The SMILES string of the molecule is COc1cc(F)c(S(=O)(=O)Cl)c(Cl)c1. The zero-order valence-corrected chi connectivity index (χ0v) is 9.25. The van der Waals surface area contributed by atoms with E-state index in [1.54, 1.807) is 0 Å². The number of halogens is 3. The Labute approximate surface area is 89.8 Å². The molecule has 0 aromatic heterocycles. The Morgan fingerprint density at radius 1 is 1.43 bits per heavy atom. The predicted molar refractivity (Wildman–Crippen MR) is 51.0 cm³/mol. The molecule has 0 N–H and O–H groups in total. The largest absolute Gasteiger partial charge is 0.497 e. The summed E-state index contributed by atoms with van der Waals surface area (Å²) < 4.78 is 39.6. The smallest absolute Gasteiger partial charge is 0.265 e. The van der Waals surface area contributed by atoms with Crippen molar-refractivity contribution in [3.05, 3.63) is 23.0 Å². The number of benzene rings is 1. The van der Waals surface area contributed by atoms with Crippen molar-refractivity contribution >= 4 is 31.3 Å². The molecule has 0 heterocycles. The van der Waals surface area contributed by atoms with E-state index in [2.05, 4.69) is 4.74 Å². The van der Waals surface area contributed by atoms with Crippen LogP contribution in [0.4, 0.5) is 4.39 Å². The first-order valence-corrected chi connectivity index (χ1v) is 6.02. The molecule has 0 saturated carbocycles. The summed E-state index contributed by atoms with van der Waals surface area (Å²) in [6.45, 7) is 0. The van der Waals surface area contributed by atoms with E-state index >= 15 is 0 Å². The van der Waals surface area contributed by atoms with Gasteiger partial charge in [0.25, 0.3) is 9.05 Å². The van der Waals surface area contributed by atoms with Gasteiger partial charge in [-0.3, -0.25) is 0 Å². The van der Waals surface area contributed by atoms with Gasteiger partial charge in [0.1, 0.15) is 16.5 Å². The van der Waals surface area contributed by atoms with Crippen molar-refractivity contribution in [3.63, 3.8) is 0 Å². The molecule has 78 valence electrons. The summed E-state index contributed by atoms with van der Waals surface area (Å²) in [5.41, 5.74) is 0. The fourth-order valence-electron chi connectivity index (χ4n) is 0.887. The molecule has 0 amide bonds. The van der Waals surface area contributed by atoms with Crippen LogP contribution in [0.1, 0.15) is 0 Å². The summed E-state index contributed by atoms with van der Waals surface area (Å²) >= 11 is 5.51. The van der Waals surface area contributed by atoms with Gasteiger partial charge in [0.05, 0.1) is 12.1 Å². The van der Waals surface area contributed by atoms with Crippen LogP contribution in [-0.2, 0) is 9.05 Å². The van der Waals surface area contributed by atoms with E-state index in [0.29, 0.717) is 0 Å². The van der Waals surface area contributed by atoms with Crippen LogP contribution in [0.5, 0.6) is 5.75 Å². The maximum atomic E-state index is 13.2. The average molecular weight is 259 g/mol. The molecule has 3 nitrogen and oxygen atoms in total. The molecule has 1 aromatic rings. The van der Waals surface area contributed by atoms with Gasteiger partial charge < -0.3 is 4.74 Å². The highest BCUT2D eigenvalue weighted by Gasteiger charge is 2.21. The van der Waals surface area contributed by atoms with E-state index in [-0.39, 0.29) is 10.8 Å². The lowest BCUT2D eigenvalue weighted by Gasteiger charge is -2.04. The number of ether oxygens (including phenoxy) is 1. The van der Waals surface area contributed by atoms with E-state index in [9.17, 15) is 12.8 Å². The van der Waals surface area contributed by atoms with Crippen LogP contribution in [0, 0.1) is 5.82 Å². The molecule has 0 aliphatic carbocycles. The van der Waals surface area contributed by atoms with Gasteiger partial charge in [0.15, 0.2) is 0 Å². The van der Waals surface area contributed by atoms with Gasteiger partial charge in [-0.2, -0.15) is 0 Å². The molecule has 0 radical (unpaired) electrons. The van der Waals surface area contributed by atoms with Crippen molar-refractivity contribution in [3.8, 4) is 5.75 Å². The molecule has 7 heteroatoms. The Kier molecular flexibility index (Phi) is 3.24. The first kappa shape index (κ1) is 11.6. The summed E-state index contributed by atoms with van der Waals surface area (Å²) in [5, 5.41) is -0.308. The second kappa shape index (κ2) is 3.92. The number of hydrogen-bond acceptors (Lipinski definition) is 3. The second-order valence-electron chi connectivity index (χ2n) is 2.36. The minimum Gasteiger partial charge on any atom is -0.497 e. The van der Waals surface area contributed by atoms with Crippen molar-refractivity contribution in [1.82, 2.24) is 0 Å². The predicted octanol–water partition coefficient (Wildman–Crippen LogP) is 2.42. The Bertz CT molecular complexity index is 435. The third-order valence-electron chi connectivity index (χ3n) is 1.45. The first-order valence-electron chi connectivity index (χ1n) is 3.34. The lowest BCUT2D eigenvalue weighted by molar-refractivity contribution is 0.410. The van der Waals surface area contributed by atoms with Gasteiger partial charge >= 0.3 is 0 Å². The van der Waals surface area contributed by atoms with E-state index in [1.165, 1.54) is 13.2 Å². The number of methoxy groups -OCH3 is 1. The Balaban J connectivity index is 3.48. The molecule has 0 unspecified atom stereocenters. The van der Waals surface area contributed by atoms with E-state index in [1.807, 2.05) is 0 Å². The molecular weight excluding hydrogens is 254 g/mol. The van der Waals surface area contributed by atoms with Crippen molar-refractivity contribution in [2.24, 2.45) is 0 Å². The maximum Gasteiger partial charge on any atom is 0.265 e. The topological polar surface area (TPSA) is 43.4 Å². The standard InChI is InChI=1S/C7H5Cl2FO3S/c1-13-4-2-5(8)7(6(10)3-4)14(9,11)12/h2-3H,1H3. The van der Waals surface area contributed by atoms with Gasteiger partial charge in [-0.15, -0.1) is 0 Å². The molecule has 0 aliphatic rings. The molecule has 0 spiro atoms. The highest BCUT2D eigenvalue weighted by Crippen LogP contribution is 2.31. The van der Waals surface area contributed by atoms with Gasteiger partial charge in [-0.1, -0.05) is 11.6 Å². The van der Waals surface area contributed by atoms with Crippen LogP contribution < -0.4 is 4.74 Å². The van der Waals surface area contributed by atoms with Crippen LogP contribution in [0.25, 0.3) is 0 Å². The molecule has 1 rings (SSSR count). The molecule has 14 heavy (non-hydrogen) atoms. The molecule has 1 aromatic carbocycles. The van der Waals surface area contributed by atoms with E-state index in [4.69, 9.17) is 22.3 Å². The Morgan fingerprint density at radius 3 is 2.36 bits per heavy atom. The van der Waals surface area contributed by atoms with Crippen LogP contribution in [0.3, 0.4) is 0 Å². The van der Waals surface area contributed by atoms with E-state index < -0.39 is 19.8 Å². The summed E-state index contributed by atoms with van der Waals surface area (Å²) in [6.07, 6.45) is 0. The van der Waals surface area contributed by atoms with Gasteiger partial charge in [0, 0.05) is 22.8 Å². The second-order valence-corrected chi connectivity index (χ2v) is 5.27. The Morgan fingerprint density at radius 2 is 2.00 bits per heavy atom. The summed E-state index contributed by atoms with van der Waals surface area (Å²) in [7, 11) is 2.10. The average Bonchev–Trinajstić information content (AvgIpc) is 1.99. The molecule has 0 saturated heterocycles. The number of rotatable bonds is 2. The van der Waals surface area contributed by atoms with Crippen molar-refractivity contribution < 1.29 is 17.5 Å². The van der Waals surface area contributed by atoms with Crippen LogP contribution in [0.2, 0.25) is 5.02 Å². The molecule has 0 fully saturated rings.